The molecule has 1 aromatic rings. The summed E-state index contributed by atoms with van der Waals surface area (Å²) < 4.78 is 31.0. The Labute approximate surface area is 103 Å². The molecule has 2 radical (unpaired) electrons. The molecule has 0 spiro atoms. The summed E-state index contributed by atoms with van der Waals surface area (Å²) in [7, 11) is 0. The summed E-state index contributed by atoms with van der Waals surface area (Å²) in [5, 5.41) is 0. The van der Waals surface area contributed by atoms with Crippen molar-refractivity contribution < 1.29 is 16.6 Å². The molecule has 1 aromatic carbocycles. The molecule has 5 heteroatoms. The summed E-state index contributed by atoms with van der Waals surface area (Å²) in [5.41, 5.74) is 0.866. The number of benzene rings is 1. The van der Waals surface area contributed by atoms with Crippen LogP contribution in [0.25, 0.3) is 0 Å². The molecule has 0 aliphatic carbocycles. The third-order valence-corrected chi connectivity index (χ3v) is 4.23. The number of hydrogen-bond acceptors (Lipinski definition) is 2. The fourth-order valence-electron chi connectivity index (χ4n) is 0.985. The summed E-state index contributed by atoms with van der Waals surface area (Å²) >= 11 is -1.43. The van der Waals surface area contributed by atoms with Crippen molar-refractivity contribution in [3.05, 3.63) is 47.5 Å². The van der Waals surface area contributed by atoms with Gasteiger partial charge < -0.3 is 0 Å². The Kier molecular flexibility index (Phi) is 4.92. The quantitative estimate of drug-likeness (QED) is 0.625. The first-order valence-corrected chi connectivity index (χ1v) is 7.72. The van der Waals surface area contributed by atoms with Crippen LogP contribution in [0.2, 0.25) is 0 Å². The fraction of sp³-hybridized carbons (Fsp3) is 0.182. The van der Waals surface area contributed by atoms with Gasteiger partial charge in [0.05, 0.1) is 0 Å². The molecule has 0 bridgehead atoms. The van der Waals surface area contributed by atoms with Crippen LogP contribution in [0.5, 0.6) is 0 Å². The van der Waals surface area contributed by atoms with Crippen LogP contribution in [0.3, 0.4) is 0 Å². The van der Waals surface area contributed by atoms with E-state index >= 15 is 0 Å². The van der Waals surface area contributed by atoms with E-state index in [-0.39, 0.29) is 0 Å². The number of carbonyl (C=O) groups excluding carboxylic acids is 1. The molecular formula is C11H10F2O2Sn. The molecule has 0 aromatic heterocycles. The molecule has 0 aliphatic heterocycles. The maximum atomic E-state index is 12.8. The number of hydrogen-bond donors (Lipinski definition) is 0. The summed E-state index contributed by atoms with van der Waals surface area (Å²) in [6, 6.07) is 3.31. The number of rotatable bonds is 4. The molecule has 1 rings (SSSR count). The van der Waals surface area contributed by atoms with Gasteiger partial charge in [0.1, 0.15) is 0 Å². The van der Waals surface area contributed by atoms with Crippen molar-refractivity contribution in [3.8, 4) is 0 Å². The van der Waals surface area contributed by atoms with Crippen molar-refractivity contribution in [2.24, 2.45) is 0 Å². The van der Waals surface area contributed by atoms with E-state index in [2.05, 4.69) is 6.58 Å². The zero-order chi connectivity index (χ0) is 12.1. The molecule has 0 unspecified atom stereocenters. The second-order valence-corrected chi connectivity index (χ2v) is 5.68. The minimum absolute atomic E-state index is 0.339. The fourth-order valence-corrected chi connectivity index (χ4v) is 3.12. The topological polar surface area (TPSA) is 26.3 Å². The van der Waals surface area contributed by atoms with Crippen LogP contribution in [0, 0.1) is 11.6 Å². The van der Waals surface area contributed by atoms with E-state index in [9.17, 15) is 13.6 Å². The number of halogens is 2. The van der Waals surface area contributed by atoms with Gasteiger partial charge in [0.25, 0.3) is 0 Å². The summed E-state index contributed by atoms with van der Waals surface area (Å²) in [5.74, 6) is -1.65. The van der Waals surface area contributed by atoms with Gasteiger partial charge in [-0.2, -0.15) is 0 Å². The molecule has 0 atom stereocenters. The van der Waals surface area contributed by atoms with Gasteiger partial charge >= 0.3 is 103 Å². The van der Waals surface area contributed by atoms with Gasteiger partial charge in [-0.1, -0.05) is 0 Å². The number of carbonyl (C=O) groups is 1. The van der Waals surface area contributed by atoms with Crippen molar-refractivity contribution in [1.29, 1.82) is 0 Å². The standard InChI is InChI=1S/C7H5F2.C4H6O2.Sn/c1-5-2-6(8)4-7(9)3-5;1-3(2)4(5)6;/h2-4H,1H2;1H2,2H3,(H,5,6);/q;;+1/p-1. The van der Waals surface area contributed by atoms with Crippen LogP contribution >= 0.6 is 0 Å². The summed E-state index contributed by atoms with van der Waals surface area (Å²) in [4.78, 5) is 11.0. The van der Waals surface area contributed by atoms with Gasteiger partial charge in [-0.15, -0.1) is 0 Å². The van der Waals surface area contributed by atoms with Crippen LogP contribution in [-0.2, 0) is 12.3 Å². The predicted octanol–water partition coefficient (Wildman–Crippen LogP) is 2.20. The predicted molar refractivity (Wildman–Crippen MR) is 56.7 cm³/mol. The van der Waals surface area contributed by atoms with Crippen molar-refractivity contribution in [3.63, 3.8) is 0 Å². The van der Waals surface area contributed by atoms with E-state index in [4.69, 9.17) is 3.07 Å². The van der Waals surface area contributed by atoms with Crippen LogP contribution in [0.4, 0.5) is 8.78 Å². The van der Waals surface area contributed by atoms with Crippen LogP contribution < -0.4 is 0 Å². The first-order chi connectivity index (χ1) is 7.49. The molecule has 16 heavy (non-hydrogen) atoms. The Morgan fingerprint density at radius 1 is 1.38 bits per heavy atom. The van der Waals surface area contributed by atoms with Gasteiger partial charge in [-0.05, 0) is 0 Å². The average molecular weight is 331 g/mol. The first kappa shape index (κ1) is 13.2. The molecule has 0 fully saturated rings. The second-order valence-electron chi connectivity index (χ2n) is 3.27. The Bertz CT molecular complexity index is 398. The van der Waals surface area contributed by atoms with Crippen LogP contribution in [0.15, 0.2) is 30.4 Å². The Morgan fingerprint density at radius 2 is 1.94 bits per heavy atom. The molecule has 0 N–H and O–H groups in total. The zero-order valence-corrected chi connectivity index (χ0v) is 11.6. The molecule has 0 heterocycles. The molecule has 2 nitrogen and oxygen atoms in total. The van der Waals surface area contributed by atoms with E-state index in [1.807, 2.05) is 0 Å². The van der Waals surface area contributed by atoms with E-state index in [1.54, 1.807) is 6.92 Å². The van der Waals surface area contributed by atoms with E-state index < -0.39 is 39.2 Å². The van der Waals surface area contributed by atoms with Crippen molar-refractivity contribution in [2.75, 3.05) is 0 Å². The molecule has 0 saturated heterocycles. The third-order valence-electron chi connectivity index (χ3n) is 1.71. The summed E-state index contributed by atoms with van der Waals surface area (Å²) in [6.45, 7) is 5.00. The first-order valence-electron chi connectivity index (χ1n) is 4.53. The third kappa shape index (κ3) is 4.30. The van der Waals surface area contributed by atoms with Crippen LogP contribution in [-0.4, -0.2) is 27.5 Å². The van der Waals surface area contributed by atoms with Crippen LogP contribution in [0.1, 0.15) is 12.5 Å². The monoisotopic (exact) mass is 332 g/mol. The Hall–Kier alpha value is -0.911. The molecular weight excluding hydrogens is 321 g/mol. The van der Waals surface area contributed by atoms with E-state index in [0.717, 1.165) is 6.07 Å². The second kappa shape index (κ2) is 5.98. The van der Waals surface area contributed by atoms with Crippen molar-refractivity contribution >= 4 is 27.5 Å². The van der Waals surface area contributed by atoms with Crippen molar-refractivity contribution in [1.82, 2.24) is 0 Å². The SMILES string of the molecule is C=C(C)C(=O)[O][Sn][CH2]c1cc(F)cc(F)c1. The van der Waals surface area contributed by atoms with Crippen molar-refractivity contribution in [2.45, 2.75) is 11.4 Å². The molecule has 0 aliphatic rings. The normalized spacial score (nSPS) is 9.94. The van der Waals surface area contributed by atoms with Gasteiger partial charge in [0, 0.05) is 0 Å². The molecule has 84 valence electrons. The molecule has 0 amide bonds. The van der Waals surface area contributed by atoms with Gasteiger partial charge in [0.2, 0.25) is 0 Å². The van der Waals surface area contributed by atoms with Gasteiger partial charge in [-0.3, -0.25) is 0 Å². The average Bonchev–Trinajstić information content (AvgIpc) is 2.15. The maximum absolute atomic E-state index is 12.8. The Morgan fingerprint density at radius 3 is 2.44 bits per heavy atom. The van der Waals surface area contributed by atoms with E-state index in [0.29, 0.717) is 15.6 Å². The van der Waals surface area contributed by atoms with Gasteiger partial charge in [0.15, 0.2) is 0 Å². The zero-order valence-electron chi connectivity index (χ0n) is 8.72. The summed E-state index contributed by atoms with van der Waals surface area (Å²) in [6.07, 6.45) is 0. The minimum atomic E-state index is -1.43. The molecule has 0 saturated carbocycles. The van der Waals surface area contributed by atoms with E-state index in [1.165, 1.54) is 12.1 Å². The van der Waals surface area contributed by atoms with Gasteiger partial charge in [-0.25, -0.2) is 0 Å². The Balaban J connectivity index is 2.49.